The lowest BCUT2D eigenvalue weighted by Gasteiger charge is -2.14. The number of hydrogen-bond donors (Lipinski definition) is 1. The zero-order valence-corrected chi connectivity index (χ0v) is 11.6. The minimum absolute atomic E-state index is 0.0107. The second-order valence-electron chi connectivity index (χ2n) is 4.49. The summed E-state index contributed by atoms with van der Waals surface area (Å²) in [5, 5.41) is 0.698. The zero-order chi connectivity index (χ0) is 13.7. The summed E-state index contributed by atoms with van der Waals surface area (Å²) >= 11 is 6.01. The molecule has 0 amide bonds. The molecule has 2 N–H and O–H groups in total. The lowest BCUT2D eigenvalue weighted by Crippen LogP contribution is -2.25. The van der Waals surface area contributed by atoms with Gasteiger partial charge in [0.05, 0.1) is 7.11 Å². The van der Waals surface area contributed by atoms with Crippen molar-refractivity contribution >= 4 is 11.6 Å². The Balaban J connectivity index is 2.06. The third-order valence-electron chi connectivity index (χ3n) is 2.95. The van der Waals surface area contributed by atoms with E-state index in [1.54, 1.807) is 13.3 Å². The van der Waals surface area contributed by atoms with Gasteiger partial charge in [-0.2, -0.15) is 0 Å². The van der Waals surface area contributed by atoms with E-state index >= 15 is 0 Å². The smallest absolute Gasteiger partial charge is 0.122 e. The maximum atomic E-state index is 6.18. The largest absolute Gasteiger partial charge is 0.496 e. The van der Waals surface area contributed by atoms with Crippen molar-refractivity contribution in [1.82, 2.24) is 4.98 Å². The Hall–Kier alpha value is -1.58. The molecule has 4 heteroatoms. The van der Waals surface area contributed by atoms with Crippen LogP contribution in [0.25, 0.3) is 0 Å². The Morgan fingerprint density at radius 2 is 2.16 bits per heavy atom. The van der Waals surface area contributed by atoms with Crippen molar-refractivity contribution in [3.8, 4) is 5.75 Å². The van der Waals surface area contributed by atoms with Crippen LogP contribution in [0.3, 0.4) is 0 Å². The van der Waals surface area contributed by atoms with E-state index in [1.807, 2.05) is 36.5 Å². The van der Waals surface area contributed by atoms with E-state index in [4.69, 9.17) is 22.1 Å². The number of nitrogens with two attached hydrogens (primary N) is 1. The van der Waals surface area contributed by atoms with Crippen molar-refractivity contribution < 1.29 is 4.74 Å². The van der Waals surface area contributed by atoms with E-state index in [9.17, 15) is 0 Å². The van der Waals surface area contributed by atoms with Gasteiger partial charge in [-0.15, -0.1) is 0 Å². The summed E-state index contributed by atoms with van der Waals surface area (Å²) in [4.78, 5) is 4.09. The second kappa shape index (κ2) is 6.55. The number of nitrogens with zero attached hydrogens (tertiary/aromatic N) is 1. The fourth-order valence-corrected chi connectivity index (χ4v) is 2.28. The summed E-state index contributed by atoms with van der Waals surface area (Å²) in [5.74, 6) is 0.825. The van der Waals surface area contributed by atoms with Gasteiger partial charge in [0.15, 0.2) is 0 Å². The first-order valence-corrected chi connectivity index (χ1v) is 6.53. The van der Waals surface area contributed by atoms with Crippen LogP contribution in [0, 0.1) is 0 Å². The maximum Gasteiger partial charge on any atom is 0.122 e. The van der Waals surface area contributed by atoms with E-state index in [2.05, 4.69) is 4.98 Å². The van der Waals surface area contributed by atoms with E-state index in [-0.39, 0.29) is 6.04 Å². The normalized spacial score (nSPS) is 12.2. The van der Waals surface area contributed by atoms with Gasteiger partial charge >= 0.3 is 0 Å². The average Bonchev–Trinajstić information content (AvgIpc) is 2.40. The molecule has 1 heterocycles. The van der Waals surface area contributed by atoms with Gasteiger partial charge in [-0.1, -0.05) is 17.7 Å². The van der Waals surface area contributed by atoms with E-state index in [1.165, 1.54) is 0 Å². The molecule has 19 heavy (non-hydrogen) atoms. The molecule has 0 spiro atoms. The number of methoxy groups -OCH3 is 1. The summed E-state index contributed by atoms with van der Waals surface area (Å²) in [6.45, 7) is 0. The topological polar surface area (TPSA) is 48.1 Å². The molecule has 0 saturated heterocycles. The quantitative estimate of drug-likeness (QED) is 0.913. The minimum atomic E-state index is 0.0107. The highest BCUT2D eigenvalue weighted by Crippen LogP contribution is 2.24. The monoisotopic (exact) mass is 276 g/mol. The number of ether oxygens (including phenoxy) is 1. The van der Waals surface area contributed by atoms with Crippen molar-refractivity contribution in [2.75, 3.05) is 7.11 Å². The summed E-state index contributed by atoms with van der Waals surface area (Å²) in [7, 11) is 1.65. The first kappa shape index (κ1) is 13.8. The molecular weight excluding hydrogens is 260 g/mol. The van der Waals surface area contributed by atoms with Crippen LogP contribution in [0.15, 0.2) is 42.7 Å². The van der Waals surface area contributed by atoms with Gasteiger partial charge in [0.1, 0.15) is 5.75 Å². The Bertz CT molecular complexity index is 531. The number of rotatable bonds is 5. The molecular formula is C15H17ClN2O. The van der Waals surface area contributed by atoms with Gasteiger partial charge in [-0.25, -0.2) is 0 Å². The van der Waals surface area contributed by atoms with Gasteiger partial charge in [0.25, 0.3) is 0 Å². The van der Waals surface area contributed by atoms with Crippen LogP contribution in [0.5, 0.6) is 5.75 Å². The molecule has 1 aromatic heterocycles. The number of halogens is 1. The molecule has 0 fully saturated rings. The van der Waals surface area contributed by atoms with E-state index in [0.29, 0.717) is 5.02 Å². The highest BCUT2D eigenvalue weighted by Gasteiger charge is 2.10. The number of pyridine rings is 1. The van der Waals surface area contributed by atoms with Crippen molar-refractivity contribution in [3.05, 3.63) is 58.9 Å². The minimum Gasteiger partial charge on any atom is -0.496 e. The SMILES string of the molecule is COc1ccc(Cl)cc1CC(N)Cc1cccnc1. The highest BCUT2D eigenvalue weighted by atomic mass is 35.5. The number of benzene rings is 1. The Morgan fingerprint density at radius 1 is 1.32 bits per heavy atom. The van der Waals surface area contributed by atoms with Crippen LogP contribution in [0.1, 0.15) is 11.1 Å². The van der Waals surface area contributed by atoms with Crippen molar-refractivity contribution in [3.63, 3.8) is 0 Å². The van der Waals surface area contributed by atoms with E-state index in [0.717, 1.165) is 29.7 Å². The Morgan fingerprint density at radius 3 is 2.84 bits per heavy atom. The van der Waals surface area contributed by atoms with Gasteiger partial charge in [0, 0.05) is 23.5 Å². The third kappa shape index (κ3) is 3.94. The van der Waals surface area contributed by atoms with E-state index < -0.39 is 0 Å². The molecule has 1 atom stereocenters. The Kier molecular flexibility index (Phi) is 4.77. The van der Waals surface area contributed by atoms with Crippen LogP contribution in [-0.4, -0.2) is 18.1 Å². The molecule has 2 rings (SSSR count). The van der Waals surface area contributed by atoms with Crippen LogP contribution < -0.4 is 10.5 Å². The molecule has 0 radical (unpaired) electrons. The fourth-order valence-electron chi connectivity index (χ4n) is 2.08. The lowest BCUT2D eigenvalue weighted by molar-refractivity contribution is 0.408. The van der Waals surface area contributed by atoms with Gasteiger partial charge in [-0.05, 0) is 48.2 Å². The molecule has 0 bridgehead atoms. The van der Waals surface area contributed by atoms with Crippen LogP contribution in [-0.2, 0) is 12.8 Å². The molecule has 100 valence electrons. The average molecular weight is 277 g/mol. The molecule has 2 aromatic rings. The van der Waals surface area contributed by atoms with Crippen LogP contribution >= 0.6 is 11.6 Å². The zero-order valence-electron chi connectivity index (χ0n) is 10.8. The first-order chi connectivity index (χ1) is 9.19. The number of hydrogen-bond acceptors (Lipinski definition) is 3. The van der Waals surface area contributed by atoms with Crippen LogP contribution in [0.2, 0.25) is 5.02 Å². The molecule has 0 aliphatic rings. The molecule has 3 nitrogen and oxygen atoms in total. The first-order valence-electron chi connectivity index (χ1n) is 6.16. The van der Waals surface area contributed by atoms with Crippen LogP contribution in [0.4, 0.5) is 0 Å². The van der Waals surface area contributed by atoms with Gasteiger partial charge < -0.3 is 10.5 Å². The summed E-state index contributed by atoms with van der Waals surface area (Å²) in [6.07, 6.45) is 5.10. The number of aromatic nitrogens is 1. The maximum absolute atomic E-state index is 6.18. The lowest BCUT2D eigenvalue weighted by atomic mass is 10.00. The molecule has 1 unspecified atom stereocenters. The predicted octanol–water partition coefficient (Wildman–Crippen LogP) is 2.86. The van der Waals surface area contributed by atoms with Crippen molar-refractivity contribution in [1.29, 1.82) is 0 Å². The summed E-state index contributed by atoms with van der Waals surface area (Å²) in [6, 6.07) is 9.55. The van der Waals surface area contributed by atoms with Gasteiger partial charge in [0.2, 0.25) is 0 Å². The standard InChI is InChI=1S/C15H17ClN2O/c1-19-15-5-4-13(16)8-12(15)9-14(17)7-11-3-2-6-18-10-11/h2-6,8,10,14H,7,9,17H2,1H3. The summed E-state index contributed by atoms with van der Waals surface area (Å²) < 4.78 is 5.32. The predicted molar refractivity (Wildman–Crippen MR) is 77.6 cm³/mol. The van der Waals surface area contributed by atoms with Crippen molar-refractivity contribution in [2.45, 2.75) is 18.9 Å². The van der Waals surface area contributed by atoms with Crippen molar-refractivity contribution in [2.24, 2.45) is 5.73 Å². The molecule has 0 aliphatic heterocycles. The molecule has 0 aliphatic carbocycles. The summed E-state index contributed by atoms with van der Waals surface area (Å²) in [5.41, 5.74) is 8.35. The van der Waals surface area contributed by atoms with Gasteiger partial charge in [-0.3, -0.25) is 4.98 Å². The molecule has 0 saturated carbocycles. The third-order valence-corrected chi connectivity index (χ3v) is 3.18. The molecule has 1 aromatic carbocycles. The Labute approximate surface area is 118 Å². The highest BCUT2D eigenvalue weighted by molar-refractivity contribution is 6.30. The fraction of sp³-hybridized carbons (Fsp3) is 0.267. The second-order valence-corrected chi connectivity index (χ2v) is 4.92.